The second-order valence-corrected chi connectivity index (χ2v) is 5.59. The Morgan fingerprint density at radius 2 is 2.30 bits per heavy atom. The third-order valence-corrected chi connectivity index (χ3v) is 3.90. The fraction of sp³-hybridized carbons (Fsp3) is 0.600. The first-order valence-corrected chi connectivity index (χ1v) is 7.42. The van der Waals surface area contributed by atoms with Gasteiger partial charge in [0.05, 0.1) is 11.1 Å². The van der Waals surface area contributed by atoms with Gasteiger partial charge in [-0.3, -0.25) is 0 Å². The summed E-state index contributed by atoms with van der Waals surface area (Å²) in [5, 5.41) is 13.7. The molecular formula is C15H22ClNO3. The van der Waals surface area contributed by atoms with Gasteiger partial charge in [-0.05, 0) is 31.4 Å². The molecule has 3 unspecified atom stereocenters. The van der Waals surface area contributed by atoms with Gasteiger partial charge >= 0.3 is 0 Å². The number of rotatable bonds is 7. The Bertz CT molecular complexity index is 416. The summed E-state index contributed by atoms with van der Waals surface area (Å²) in [4.78, 5) is 0. The molecule has 3 atom stereocenters. The average molecular weight is 300 g/mol. The summed E-state index contributed by atoms with van der Waals surface area (Å²) in [6, 6.07) is 7.26. The molecule has 20 heavy (non-hydrogen) atoms. The maximum atomic E-state index is 9.88. The molecule has 0 aliphatic carbocycles. The first-order valence-electron chi connectivity index (χ1n) is 7.04. The zero-order chi connectivity index (χ0) is 14.4. The number of halogens is 1. The van der Waals surface area contributed by atoms with Gasteiger partial charge in [-0.2, -0.15) is 0 Å². The summed E-state index contributed by atoms with van der Waals surface area (Å²) in [5.41, 5.74) is 0. The Hall–Kier alpha value is -0.810. The van der Waals surface area contributed by atoms with Crippen LogP contribution in [0.25, 0.3) is 0 Å². The molecule has 0 spiro atoms. The molecule has 2 rings (SSSR count). The molecule has 1 aliphatic heterocycles. The van der Waals surface area contributed by atoms with Gasteiger partial charge in [0.25, 0.3) is 0 Å². The van der Waals surface area contributed by atoms with E-state index in [0.717, 1.165) is 19.6 Å². The second kappa shape index (κ2) is 7.84. The topological polar surface area (TPSA) is 50.7 Å². The average Bonchev–Trinajstić information content (AvgIpc) is 2.84. The Morgan fingerprint density at radius 1 is 1.50 bits per heavy atom. The monoisotopic (exact) mass is 299 g/mol. The molecule has 1 aromatic carbocycles. The maximum absolute atomic E-state index is 9.88. The van der Waals surface area contributed by atoms with Crippen molar-refractivity contribution in [1.29, 1.82) is 0 Å². The first kappa shape index (κ1) is 15.6. The normalized spacial score (nSPS) is 23.8. The number of ether oxygens (including phenoxy) is 2. The lowest BCUT2D eigenvalue weighted by Gasteiger charge is -2.17. The molecule has 1 aliphatic rings. The minimum Gasteiger partial charge on any atom is -0.489 e. The van der Waals surface area contributed by atoms with Crippen molar-refractivity contribution >= 4 is 11.6 Å². The van der Waals surface area contributed by atoms with Crippen LogP contribution >= 0.6 is 11.6 Å². The lowest BCUT2D eigenvalue weighted by atomic mass is 10.0. The molecule has 0 aromatic heterocycles. The van der Waals surface area contributed by atoms with E-state index in [1.807, 2.05) is 12.1 Å². The number of aliphatic hydroxyl groups is 1. The van der Waals surface area contributed by atoms with Crippen molar-refractivity contribution in [2.45, 2.75) is 25.6 Å². The summed E-state index contributed by atoms with van der Waals surface area (Å²) in [7, 11) is 0. The molecule has 1 aromatic rings. The molecule has 112 valence electrons. The third kappa shape index (κ3) is 4.63. The Morgan fingerprint density at radius 3 is 3.00 bits per heavy atom. The van der Waals surface area contributed by atoms with Crippen molar-refractivity contribution in [3.05, 3.63) is 29.3 Å². The van der Waals surface area contributed by atoms with Crippen molar-refractivity contribution in [3.63, 3.8) is 0 Å². The number of hydrogen-bond donors (Lipinski definition) is 2. The molecule has 0 saturated carbocycles. The SMILES string of the molecule is CC1OCCC1CNCC(O)COc1ccccc1Cl. The van der Waals surface area contributed by atoms with Crippen LogP contribution in [-0.2, 0) is 4.74 Å². The van der Waals surface area contributed by atoms with E-state index in [-0.39, 0.29) is 6.61 Å². The highest BCUT2D eigenvalue weighted by atomic mass is 35.5. The van der Waals surface area contributed by atoms with Crippen LogP contribution < -0.4 is 10.1 Å². The van der Waals surface area contributed by atoms with Crippen LogP contribution in [0.4, 0.5) is 0 Å². The number of hydrogen-bond acceptors (Lipinski definition) is 4. The van der Waals surface area contributed by atoms with E-state index in [1.54, 1.807) is 12.1 Å². The van der Waals surface area contributed by atoms with E-state index in [9.17, 15) is 5.11 Å². The van der Waals surface area contributed by atoms with Gasteiger partial charge in [-0.1, -0.05) is 23.7 Å². The van der Waals surface area contributed by atoms with Crippen molar-refractivity contribution in [2.75, 3.05) is 26.3 Å². The lowest BCUT2D eigenvalue weighted by Crippen LogP contribution is -2.35. The highest BCUT2D eigenvalue weighted by Crippen LogP contribution is 2.23. The lowest BCUT2D eigenvalue weighted by molar-refractivity contribution is 0.0946. The molecule has 1 saturated heterocycles. The number of benzene rings is 1. The van der Waals surface area contributed by atoms with E-state index in [4.69, 9.17) is 21.1 Å². The minimum atomic E-state index is -0.552. The minimum absolute atomic E-state index is 0.230. The van der Waals surface area contributed by atoms with Crippen LogP contribution in [0.5, 0.6) is 5.75 Å². The Kier molecular flexibility index (Phi) is 6.10. The van der Waals surface area contributed by atoms with E-state index in [2.05, 4.69) is 12.2 Å². The Labute approximate surface area is 125 Å². The molecule has 2 N–H and O–H groups in total. The van der Waals surface area contributed by atoms with Crippen LogP contribution in [0.1, 0.15) is 13.3 Å². The zero-order valence-electron chi connectivity index (χ0n) is 11.7. The van der Waals surface area contributed by atoms with E-state index in [0.29, 0.717) is 29.3 Å². The highest BCUT2D eigenvalue weighted by Gasteiger charge is 2.23. The summed E-state index contributed by atoms with van der Waals surface area (Å²) in [5.74, 6) is 1.14. The van der Waals surface area contributed by atoms with Crippen molar-refractivity contribution in [3.8, 4) is 5.75 Å². The molecule has 0 amide bonds. The number of nitrogens with one attached hydrogen (secondary N) is 1. The second-order valence-electron chi connectivity index (χ2n) is 5.18. The van der Waals surface area contributed by atoms with Gasteiger partial charge in [0.15, 0.2) is 0 Å². The van der Waals surface area contributed by atoms with Gasteiger partial charge in [0.2, 0.25) is 0 Å². The summed E-state index contributed by atoms with van der Waals surface area (Å²) < 4.78 is 11.0. The zero-order valence-corrected chi connectivity index (χ0v) is 12.5. The molecule has 0 bridgehead atoms. The summed E-state index contributed by atoms with van der Waals surface area (Å²) in [6.07, 6.45) is 0.836. The van der Waals surface area contributed by atoms with Crippen LogP contribution in [-0.4, -0.2) is 43.6 Å². The van der Waals surface area contributed by atoms with Crippen molar-refractivity contribution < 1.29 is 14.6 Å². The van der Waals surface area contributed by atoms with Gasteiger partial charge in [-0.25, -0.2) is 0 Å². The quantitative estimate of drug-likeness (QED) is 0.809. The Balaban J connectivity index is 1.63. The molecule has 1 heterocycles. The maximum Gasteiger partial charge on any atom is 0.138 e. The summed E-state index contributed by atoms with van der Waals surface area (Å²) in [6.45, 7) is 4.54. The van der Waals surface area contributed by atoms with Gasteiger partial charge in [0, 0.05) is 19.7 Å². The largest absolute Gasteiger partial charge is 0.489 e. The van der Waals surface area contributed by atoms with Gasteiger partial charge in [-0.15, -0.1) is 0 Å². The standard InChI is InChI=1S/C15H22ClNO3/c1-11-12(6-7-19-11)8-17-9-13(18)10-20-15-5-3-2-4-14(15)16/h2-5,11-13,17-18H,6-10H2,1H3. The van der Waals surface area contributed by atoms with Crippen LogP contribution in [0, 0.1) is 5.92 Å². The van der Waals surface area contributed by atoms with Crippen LogP contribution in [0.15, 0.2) is 24.3 Å². The first-order chi connectivity index (χ1) is 9.66. The van der Waals surface area contributed by atoms with Crippen LogP contribution in [0.3, 0.4) is 0 Å². The number of para-hydroxylation sites is 1. The van der Waals surface area contributed by atoms with Crippen molar-refractivity contribution in [1.82, 2.24) is 5.32 Å². The molecule has 5 heteroatoms. The molecule has 0 radical (unpaired) electrons. The smallest absolute Gasteiger partial charge is 0.138 e. The molecule has 1 fully saturated rings. The highest BCUT2D eigenvalue weighted by molar-refractivity contribution is 6.32. The fourth-order valence-electron chi connectivity index (χ4n) is 2.29. The number of aliphatic hydroxyl groups excluding tert-OH is 1. The van der Waals surface area contributed by atoms with Crippen molar-refractivity contribution in [2.24, 2.45) is 5.92 Å². The fourth-order valence-corrected chi connectivity index (χ4v) is 2.48. The van der Waals surface area contributed by atoms with E-state index in [1.165, 1.54) is 0 Å². The predicted molar refractivity (Wildman–Crippen MR) is 79.3 cm³/mol. The van der Waals surface area contributed by atoms with E-state index < -0.39 is 6.10 Å². The predicted octanol–water partition coefficient (Wildman–Crippen LogP) is 2.09. The third-order valence-electron chi connectivity index (χ3n) is 3.59. The van der Waals surface area contributed by atoms with Gasteiger partial charge in [0.1, 0.15) is 18.5 Å². The molecular weight excluding hydrogens is 278 g/mol. The van der Waals surface area contributed by atoms with Gasteiger partial charge < -0.3 is 19.9 Å². The van der Waals surface area contributed by atoms with E-state index >= 15 is 0 Å². The molecule has 4 nitrogen and oxygen atoms in total. The van der Waals surface area contributed by atoms with Crippen LogP contribution in [0.2, 0.25) is 5.02 Å². The summed E-state index contributed by atoms with van der Waals surface area (Å²) >= 11 is 5.98.